The molecule has 1 unspecified atom stereocenters. The Balaban J connectivity index is 2.05. The van der Waals surface area contributed by atoms with Crippen LogP contribution in [0.15, 0.2) is 24.3 Å². The van der Waals surface area contributed by atoms with Gasteiger partial charge in [0.1, 0.15) is 11.5 Å². The molecule has 0 aromatic heterocycles. The maximum Gasteiger partial charge on any atom is 0.491 e. The standard InChI is InChI=1S/C18H18BNO3/c1-10-9-17(11(2)8-15(10)20-5)22-16-7-6-14-18(12(16)3)13(4)23-19(14)21/h6-9,13,21H,1-4H3/i13D. The highest BCUT2D eigenvalue weighted by Crippen LogP contribution is 2.36. The maximum absolute atomic E-state index is 9.95. The summed E-state index contributed by atoms with van der Waals surface area (Å²) < 4.78 is 19.6. The van der Waals surface area contributed by atoms with Gasteiger partial charge >= 0.3 is 7.12 Å². The van der Waals surface area contributed by atoms with Gasteiger partial charge in [0.25, 0.3) is 0 Å². The van der Waals surface area contributed by atoms with Crippen LogP contribution in [0.5, 0.6) is 11.5 Å². The normalized spacial score (nSPS) is 20.0. The van der Waals surface area contributed by atoms with E-state index >= 15 is 0 Å². The van der Waals surface area contributed by atoms with E-state index in [1.165, 1.54) is 0 Å². The summed E-state index contributed by atoms with van der Waals surface area (Å²) in [7, 11) is -1.09. The van der Waals surface area contributed by atoms with Crippen molar-refractivity contribution in [3.8, 4) is 11.5 Å². The number of ether oxygens (including phenoxy) is 1. The van der Waals surface area contributed by atoms with Crippen LogP contribution in [-0.2, 0) is 4.65 Å². The topological polar surface area (TPSA) is 43.0 Å². The molecule has 3 rings (SSSR count). The van der Waals surface area contributed by atoms with Gasteiger partial charge in [-0.1, -0.05) is 6.07 Å². The van der Waals surface area contributed by atoms with E-state index in [1.54, 1.807) is 19.1 Å². The molecular weight excluding hydrogens is 289 g/mol. The summed E-state index contributed by atoms with van der Waals surface area (Å²) >= 11 is 0. The lowest BCUT2D eigenvalue weighted by Crippen LogP contribution is -2.28. The SMILES string of the molecule is [2H]C1(C)OB(O)c2ccc(Oc3cc(C)c([N+]#[C-])cc3C)c(C)c21. The van der Waals surface area contributed by atoms with Crippen LogP contribution in [0.4, 0.5) is 5.69 Å². The molecule has 0 aliphatic carbocycles. The summed E-state index contributed by atoms with van der Waals surface area (Å²) in [6.45, 7) is 14.4. The Morgan fingerprint density at radius 2 is 2.00 bits per heavy atom. The van der Waals surface area contributed by atoms with Crippen molar-refractivity contribution in [3.05, 3.63) is 57.9 Å². The summed E-state index contributed by atoms with van der Waals surface area (Å²) in [5.74, 6) is 1.29. The third-order valence-corrected chi connectivity index (χ3v) is 4.19. The molecule has 0 fully saturated rings. The molecule has 1 aliphatic rings. The molecule has 0 radical (unpaired) electrons. The number of nitrogens with zero attached hydrogens (tertiary/aromatic N) is 1. The van der Waals surface area contributed by atoms with Crippen molar-refractivity contribution in [2.24, 2.45) is 0 Å². The Labute approximate surface area is 138 Å². The van der Waals surface area contributed by atoms with Gasteiger partial charge in [-0.15, -0.1) is 0 Å². The summed E-state index contributed by atoms with van der Waals surface area (Å²) in [6, 6.07) is 7.17. The molecule has 0 bridgehead atoms. The third kappa shape index (κ3) is 2.61. The quantitative estimate of drug-likeness (QED) is 0.679. The van der Waals surface area contributed by atoms with Gasteiger partial charge in [0.05, 0.1) is 14.0 Å². The fourth-order valence-corrected chi connectivity index (χ4v) is 2.91. The number of hydrogen-bond acceptors (Lipinski definition) is 3. The molecule has 1 aliphatic heterocycles. The minimum atomic E-state index is -1.31. The summed E-state index contributed by atoms with van der Waals surface area (Å²) in [6.07, 6.45) is -1.31. The van der Waals surface area contributed by atoms with Gasteiger partial charge in [-0.2, -0.15) is 0 Å². The molecule has 0 spiro atoms. The average Bonchev–Trinajstić information content (AvgIpc) is 2.74. The number of hydrogen-bond donors (Lipinski definition) is 1. The highest BCUT2D eigenvalue weighted by molar-refractivity contribution is 6.61. The van der Waals surface area contributed by atoms with Crippen LogP contribution in [0.1, 0.15) is 36.6 Å². The molecule has 0 saturated heterocycles. The first-order chi connectivity index (χ1) is 11.2. The number of benzene rings is 2. The van der Waals surface area contributed by atoms with Crippen molar-refractivity contribution >= 4 is 18.3 Å². The predicted octanol–water partition coefficient (Wildman–Crippen LogP) is 3.73. The van der Waals surface area contributed by atoms with E-state index in [4.69, 9.17) is 17.3 Å². The van der Waals surface area contributed by atoms with E-state index in [2.05, 4.69) is 4.85 Å². The van der Waals surface area contributed by atoms with Crippen LogP contribution in [0, 0.1) is 27.3 Å². The molecule has 0 saturated carbocycles. The molecule has 4 nitrogen and oxygen atoms in total. The van der Waals surface area contributed by atoms with Crippen molar-refractivity contribution in [1.82, 2.24) is 0 Å². The Morgan fingerprint density at radius 1 is 1.26 bits per heavy atom. The van der Waals surface area contributed by atoms with Crippen molar-refractivity contribution in [3.63, 3.8) is 0 Å². The van der Waals surface area contributed by atoms with Crippen LogP contribution < -0.4 is 10.2 Å². The van der Waals surface area contributed by atoms with Crippen LogP contribution in [0.2, 0.25) is 0 Å². The van der Waals surface area contributed by atoms with Gasteiger partial charge in [0.2, 0.25) is 0 Å². The monoisotopic (exact) mass is 308 g/mol. The summed E-state index contributed by atoms with van der Waals surface area (Å²) in [5.41, 5.74) is 4.35. The van der Waals surface area contributed by atoms with Crippen LogP contribution >= 0.6 is 0 Å². The van der Waals surface area contributed by atoms with Crippen molar-refractivity contribution in [1.29, 1.82) is 0 Å². The first-order valence-electron chi connectivity index (χ1n) is 7.91. The van der Waals surface area contributed by atoms with E-state index in [-0.39, 0.29) is 0 Å². The molecule has 116 valence electrons. The minimum Gasteiger partial charge on any atom is -0.457 e. The Bertz CT molecular complexity index is 874. The first-order valence-corrected chi connectivity index (χ1v) is 7.41. The van der Waals surface area contributed by atoms with Gasteiger partial charge in [0, 0.05) is 0 Å². The van der Waals surface area contributed by atoms with Crippen molar-refractivity contribution < 1.29 is 15.8 Å². The molecule has 2 aromatic carbocycles. The van der Waals surface area contributed by atoms with Gasteiger partial charge in [-0.05, 0) is 73.6 Å². The van der Waals surface area contributed by atoms with Crippen molar-refractivity contribution in [2.75, 3.05) is 0 Å². The zero-order valence-corrected chi connectivity index (χ0v) is 13.6. The lowest BCUT2D eigenvalue weighted by molar-refractivity contribution is 0.208. The fourth-order valence-electron chi connectivity index (χ4n) is 2.91. The number of rotatable bonds is 2. The molecule has 1 N–H and O–H groups in total. The fraction of sp³-hybridized carbons (Fsp3) is 0.278. The first kappa shape index (κ1) is 14.3. The highest BCUT2D eigenvalue weighted by atomic mass is 16.5. The lowest BCUT2D eigenvalue weighted by Gasteiger charge is -2.16. The Kier molecular flexibility index (Phi) is 3.57. The molecule has 0 amide bonds. The van der Waals surface area contributed by atoms with Gasteiger partial charge in [-0.3, -0.25) is 0 Å². The predicted molar refractivity (Wildman–Crippen MR) is 90.5 cm³/mol. The summed E-state index contributed by atoms with van der Waals surface area (Å²) in [5, 5.41) is 9.95. The van der Waals surface area contributed by atoms with Gasteiger partial charge in [-0.25, -0.2) is 4.85 Å². The lowest BCUT2D eigenvalue weighted by atomic mass is 9.78. The zero-order valence-electron chi connectivity index (χ0n) is 14.6. The third-order valence-electron chi connectivity index (χ3n) is 4.19. The largest absolute Gasteiger partial charge is 0.491 e. The highest BCUT2D eigenvalue weighted by Gasteiger charge is 2.34. The van der Waals surface area contributed by atoms with Crippen LogP contribution in [0.25, 0.3) is 4.85 Å². The molecule has 23 heavy (non-hydrogen) atoms. The molecule has 1 heterocycles. The smallest absolute Gasteiger partial charge is 0.457 e. The Hall–Kier alpha value is -2.29. The maximum atomic E-state index is 9.95. The summed E-state index contributed by atoms with van der Waals surface area (Å²) in [4.78, 5) is 3.50. The molecule has 1 atom stereocenters. The van der Waals surface area contributed by atoms with Gasteiger partial charge < -0.3 is 14.4 Å². The number of aryl methyl sites for hydroxylation is 2. The van der Waals surface area contributed by atoms with E-state index < -0.39 is 13.2 Å². The van der Waals surface area contributed by atoms with E-state index in [0.29, 0.717) is 28.2 Å². The average molecular weight is 308 g/mol. The van der Waals surface area contributed by atoms with Crippen molar-refractivity contribution in [2.45, 2.75) is 33.8 Å². The second-order valence-corrected chi connectivity index (χ2v) is 5.80. The Morgan fingerprint density at radius 3 is 2.70 bits per heavy atom. The van der Waals surface area contributed by atoms with E-state index in [9.17, 15) is 5.02 Å². The number of fused-ring (bicyclic) bond motifs is 1. The van der Waals surface area contributed by atoms with Gasteiger partial charge in [0.15, 0.2) is 5.69 Å². The van der Waals surface area contributed by atoms with E-state index in [1.807, 2.05) is 32.9 Å². The van der Waals surface area contributed by atoms with Crippen LogP contribution in [-0.4, -0.2) is 12.1 Å². The van der Waals surface area contributed by atoms with Crippen LogP contribution in [0.3, 0.4) is 0 Å². The minimum absolute atomic E-state index is 0.605. The second kappa shape index (κ2) is 5.73. The molecule has 5 heteroatoms. The van der Waals surface area contributed by atoms with E-state index in [0.717, 1.165) is 16.7 Å². The second-order valence-electron chi connectivity index (χ2n) is 5.80. The molecular formula is C18H18BNO3. The molecule has 2 aromatic rings. The zero-order chi connectivity index (χ0) is 17.6.